The highest BCUT2D eigenvalue weighted by molar-refractivity contribution is 7.89. The van der Waals surface area contributed by atoms with Crippen LogP contribution >= 0.6 is 0 Å². The molecule has 1 aromatic heterocycles. The fourth-order valence-electron chi connectivity index (χ4n) is 2.23. The maximum atomic E-state index is 13.2. The molecule has 0 spiro atoms. The largest absolute Gasteiger partial charge is 0.260 e. The normalized spacial score (nSPS) is 13.3. The van der Waals surface area contributed by atoms with Gasteiger partial charge < -0.3 is 0 Å². The van der Waals surface area contributed by atoms with Crippen LogP contribution in [0, 0.1) is 11.6 Å². The van der Waals surface area contributed by atoms with E-state index in [0.717, 1.165) is 18.5 Å². The van der Waals surface area contributed by atoms with Gasteiger partial charge in [0.2, 0.25) is 10.0 Å². The number of sulfonamides is 1. The van der Waals surface area contributed by atoms with Crippen LogP contribution in [-0.4, -0.2) is 24.3 Å². The van der Waals surface area contributed by atoms with E-state index in [9.17, 15) is 17.2 Å². The van der Waals surface area contributed by atoms with Crippen LogP contribution in [0.25, 0.3) is 0 Å². The van der Waals surface area contributed by atoms with Gasteiger partial charge in [-0.05, 0) is 30.7 Å². The molecule has 0 saturated heterocycles. The van der Waals surface area contributed by atoms with Crippen molar-refractivity contribution in [1.82, 2.24) is 9.29 Å². The zero-order valence-corrected chi connectivity index (χ0v) is 13.0. The van der Waals surface area contributed by atoms with E-state index < -0.39 is 27.7 Å². The molecule has 1 heterocycles. The molecule has 0 saturated carbocycles. The van der Waals surface area contributed by atoms with Crippen molar-refractivity contribution >= 4 is 10.0 Å². The molecule has 4 nitrogen and oxygen atoms in total. The van der Waals surface area contributed by atoms with Crippen molar-refractivity contribution in [3.63, 3.8) is 0 Å². The number of nitrogens with zero attached hydrogens (tertiary/aromatic N) is 2. The number of hydrogen-bond acceptors (Lipinski definition) is 3. The molecule has 0 aliphatic carbocycles. The Morgan fingerprint density at radius 3 is 2.32 bits per heavy atom. The Bertz CT molecular complexity index is 748. The van der Waals surface area contributed by atoms with Crippen LogP contribution in [0.3, 0.4) is 0 Å². The second-order valence-electron chi connectivity index (χ2n) is 4.77. The van der Waals surface area contributed by atoms with Crippen LogP contribution in [-0.2, 0) is 10.0 Å². The zero-order chi connectivity index (χ0) is 16.3. The third kappa shape index (κ3) is 3.31. The van der Waals surface area contributed by atoms with Gasteiger partial charge in [0.05, 0.1) is 6.20 Å². The van der Waals surface area contributed by atoms with Gasteiger partial charge in [-0.3, -0.25) is 4.98 Å². The molecular formula is C15H16F2N2O2S. The highest BCUT2D eigenvalue weighted by Crippen LogP contribution is 2.27. The second kappa shape index (κ2) is 6.50. The molecule has 0 bridgehead atoms. The topological polar surface area (TPSA) is 50.3 Å². The minimum atomic E-state index is -3.89. The first-order valence-corrected chi connectivity index (χ1v) is 8.18. The lowest BCUT2D eigenvalue weighted by molar-refractivity contribution is 0.356. The summed E-state index contributed by atoms with van der Waals surface area (Å²) in [5.41, 5.74) is 0.649. The summed E-state index contributed by atoms with van der Waals surface area (Å²) in [5, 5.41) is 0. The van der Waals surface area contributed by atoms with E-state index in [4.69, 9.17) is 0 Å². The zero-order valence-electron chi connectivity index (χ0n) is 12.2. The van der Waals surface area contributed by atoms with Gasteiger partial charge in [-0.15, -0.1) is 0 Å². The van der Waals surface area contributed by atoms with Gasteiger partial charge in [0, 0.05) is 18.8 Å². The predicted octanol–water partition coefficient (Wildman–Crippen LogP) is 3.13. The first kappa shape index (κ1) is 16.5. The smallest absolute Gasteiger partial charge is 0.245 e. The van der Waals surface area contributed by atoms with Crippen LogP contribution in [0.5, 0.6) is 0 Å². The Morgan fingerprint density at radius 1 is 1.14 bits per heavy atom. The summed E-state index contributed by atoms with van der Waals surface area (Å²) >= 11 is 0. The Hall–Kier alpha value is -1.86. The summed E-state index contributed by atoms with van der Waals surface area (Å²) in [5.74, 6) is -1.11. The van der Waals surface area contributed by atoms with Crippen molar-refractivity contribution in [2.24, 2.45) is 0 Å². The summed E-state index contributed by atoms with van der Waals surface area (Å²) in [7, 11) is -3.89. The van der Waals surface area contributed by atoms with E-state index in [2.05, 4.69) is 4.98 Å². The number of rotatable bonds is 5. The van der Waals surface area contributed by atoms with E-state index in [0.29, 0.717) is 5.56 Å². The molecule has 0 aliphatic rings. The number of halogens is 2. The number of pyridine rings is 1. The Morgan fingerprint density at radius 2 is 1.77 bits per heavy atom. The lowest BCUT2D eigenvalue weighted by Gasteiger charge is -2.27. The van der Waals surface area contributed by atoms with Gasteiger partial charge in [0.25, 0.3) is 0 Å². The molecule has 1 atom stereocenters. The molecule has 0 N–H and O–H groups in total. The molecule has 2 aromatic rings. The highest BCUT2D eigenvalue weighted by atomic mass is 32.2. The lowest BCUT2D eigenvalue weighted by atomic mass is 10.1. The summed E-state index contributed by atoms with van der Waals surface area (Å²) in [6.07, 6.45) is 2.05. The average Bonchev–Trinajstić information content (AvgIpc) is 2.48. The van der Waals surface area contributed by atoms with Gasteiger partial charge >= 0.3 is 0 Å². The van der Waals surface area contributed by atoms with Crippen molar-refractivity contribution in [1.29, 1.82) is 0 Å². The summed E-state index contributed by atoms with van der Waals surface area (Å²) < 4.78 is 52.7. The summed E-state index contributed by atoms with van der Waals surface area (Å²) in [6.45, 7) is 3.57. The van der Waals surface area contributed by atoms with Crippen LogP contribution < -0.4 is 0 Å². The van der Waals surface area contributed by atoms with E-state index in [1.165, 1.54) is 28.6 Å². The van der Waals surface area contributed by atoms with Gasteiger partial charge in [-0.2, -0.15) is 4.31 Å². The quantitative estimate of drug-likeness (QED) is 0.848. The molecule has 2 rings (SSSR count). The standard InChI is InChI=1S/C15H16F2N2O2S/c1-3-19(11(2)12-4-6-13(16)7-5-12)22(20,21)15-8-14(17)9-18-10-15/h4-11H,3H2,1-2H3. The summed E-state index contributed by atoms with van der Waals surface area (Å²) in [4.78, 5) is 3.38. The van der Waals surface area contributed by atoms with Crippen molar-refractivity contribution in [3.8, 4) is 0 Å². The molecule has 7 heteroatoms. The third-order valence-electron chi connectivity index (χ3n) is 3.38. The van der Waals surface area contributed by atoms with Crippen molar-refractivity contribution in [2.75, 3.05) is 6.54 Å². The fraction of sp³-hybridized carbons (Fsp3) is 0.267. The first-order chi connectivity index (χ1) is 10.4. The van der Waals surface area contributed by atoms with Crippen LogP contribution in [0.4, 0.5) is 8.78 Å². The van der Waals surface area contributed by atoms with Crippen molar-refractivity contribution < 1.29 is 17.2 Å². The van der Waals surface area contributed by atoms with E-state index in [-0.39, 0.29) is 11.4 Å². The summed E-state index contributed by atoms with van der Waals surface area (Å²) in [6, 6.07) is 6.03. The number of benzene rings is 1. The molecule has 1 aromatic carbocycles. The van der Waals surface area contributed by atoms with Crippen molar-refractivity contribution in [3.05, 3.63) is 59.9 Å². The lowest BCUT2D eigenvalue weighted by Crippen LogP contribution is -2.33. The van der Waals surface area contributed by atoms with Crippen molar-refractivity contribution in [2.45, 2.75) is 24.8 Å². The maximum absolute atomic E-state index is 13.2. The maximum Gasteiger partial charge on any atom is 0.245 e. The molecule has 0 amide bonds. The minimum Gasteiger partial charge on any atom is -0.260 e. The predicted molar refractivity (Wildman–Crippen MR) is 78.6 cm³/mol. The SMILES string of the molecule is CCN(C(C)c1ccc(F)cc1)S(=O)(=O)c1cncc(F)c1. The van der Waals surface area contributed by atoms with Gasteiger partial charge in [0.1, 0.15) is 16.5 Å². The molecule has 0 fully saturated rings. The number of hydrogen-bond donors (Lipinski definition) is 0. The Balaban J connectivity index is 2.40. The van der Waals surface area contributed by atoms with Gasteiger partial charge in [-0.1, -0.05) is 19.1 Å². The molecule has 0 aliphatic heterocycles. The average molecular weight is 326 g/mol. The minimum absolute atomic E-state index is 0.192. The molecule has 1 unspecified atom stereocenters. The monoisotopic (exact) mass is 326 g/mol. The van der Waals surface area contributed by atoms with E-state index in [1.807, 2.05) is 0 Å². The van der Waals surface area contributed by atoms with Crippen LogP contribution in [0.15, 0.2) is 47.6 Å². The van der Waals surface area contributed by atoms with Gasteiger partial charge in [0.15, 0.2) is 0 Å². The van der Waals surface area contributed by atoms with Gasteiger partial charge in [-0.25, -0.2) is 17.2 Å². The van der Waals surface area contributed by atoms with E-state index >= 15 is 0 Å². The molecule has 22 heavy (non-hydrogen) atoms. The Kier molecular flexibility index (Phi) is 4.87. The molecular weight excluding hydrogens is 310 g/mol. The molecule has 0 radical (unpaired) electrons. The van der Waals surface area contributed by atoms with Crippen LogP contribution in [0.1, 0.15) is 25.5 Å². The second-order valence-corrected chi connectivity index (χ2v) is 6.67. The van der Waals surface area contributed by atoms with Crippen LogP contribution in [0.2, 0.25) is 0 Å². The number of aromatic nitrogens is 1. The third-order valence-corrected chi connectivity index (χ3v) is 5.39. The first-order valence-electron chi connectivity index (χ1n) is 6.74. The highest BCUT2D eigenvalue weighted by Gasteiger charge is 2.29. The van der Waals surface area contributed by atoms with E-state index in [1.54, 1.807) is 13.8 Å². The Labute approximate surface area is 128 Å². The fourth-order valence-corrected chi connectivity index (χ4v) is 3.83. The molecule has 118 valence electrons.